The average Bonchev–Trinajstić information content (AvgIpc) is 2.27. The molecule has 1 atom stereocenters. The highest BCUT2D eigenvalue weighted by Gasteiger charge is 2.11. The first-order valence-corrected chi connectivity index (χ1v) is 5.05. The molecule has 0 aliphatic rings. The van der Waals surface area contributed by atoms with Crippen LogP contribution in [0.25, 0.3) is 10.8 Å². The van der Waals surface area contributed by atoms with E-state index >= 15 is 0 Å². The molecule has 0 unspecified atom stereocenters. The SMILES string of the molecule is COc1ccc2ccccc2c1[C@H](C)N. The number of methoxy groups -OCH3 is 1. The Labute approximate surface area is 89.7 Å². The summed E-state index contributed by atoms with van der Waals surface area (Å²) in [5, 5.41) is 2.37. The van der Waals surface area contributed by atoms with Crippen LogP contribution in [0.5, 0.6) is 5.75 Å². The number of hydrogen-bond acceptors (Lipinski definition) is 2. The van der Waals surface area contributed by atoms with E-state index in [9.17, 15) is 0 Å². The number of ether oxygens (including phenoxy) is 1. The molecule has 0 fully saturated rings. The predicted octanol–water partition coefficient (Wildman–Crippen LogP) is 2.87. The van der Waals surface area contributed by atoms with Crippen LogP contribution < -0.4 is 10.5 Å². The molecular weight excluding hydrogens is 186 g/mol. The molecule has 0 saturated heterocycles. The normalized spacial score (nSPS) is 12.7. The molecule has 2 aromatic carbocycles. The minimum Gasteiger partial charge on any atom is -0.496 e. The Bertz CT molecular complexity index is 477. The van der Waals surface area contributed by atoms with Gasteiger partial charge in [0, 0.05) is 11.6 Å². The van der Waals surface area contributed by atoms with Crippen LogP contribution in [-0.4, -0.2) is 7.11 Å². The zero-order chi connectivity index (χ0) is 10.8. The Balaban J connectivity index is 2.79. The second kappa shape index (κ2) is 3.91. The van der Waals surface area contributed by atoms with Crippen molar-refractivity contribution >= 4 is 10.8 Å². The molecule has 0 radical (unpaired) electrons. The first-order valence-electron chi connectivity index (χ1n) is 5.05. The van der Waals surface area contributed by atoms with E-state index in [1.807, 2.05) is 25.1 Å². The van der Waals surface area contributed by atoms with E-state index in [2.05, 4.69) is 18.2 Å². The molecule has 2 aromatic rings. The molecule has 0 bridgehead atoms. The highest BCUT2D eigenvalue weighted by molar-refractivity contribution is 5.88. The molecule has 0 aliphatic heterocycles. The number of benzene rings is 2. The largest absolute Gasteiger partial charge is 0.496 e. The average molecular weight is 201 g/mol. The van der Waals surface area contributed by atoms with Crippen molar-refractivity contribution in [2.45, 2.75) is 13.0 Å². The summed E-state index contributed by atoms with van der Waals surface area (Å²) in [6, 6.07) is 12.2. The first-order chi connectivity index (χ1) is 7.24. The highest BCUT2D eigenvalue weighted by Crippen LogP contribution is 2.31. The van der Waals surface area contributed by atoms with E-state index in [1.165, 1.54) is 10.8 Å². The maximum atomic E-state index is 5.98. The molecule has 0 aromatic heterocycles. The van der Waals surface area contributed by atoms with Crippen LogP contribution in [0.1, 0.15) is 18.5 Å². The van der Waals surface area contributed by atoms with E-state index < -0.39 is 0 Å². The topological polar surface area (TPSA) is 35.2 Å². The molecule has 78 valence electrons. The number of fused-ring (bicyclic) bond motifs is 1. The lowest BCUT2D eigenvalue weighted by atomic mass is 9.99. The van der Waals surface area contributed by atoms with E-state index in [-0.39, 0.29) is 6.04 Å². The number of nitrogens with two attached hydrogens (primary N) is 1. The lowest BCUT2D eigenvalue weighted by Crippen LogP contribution is -2.07. The Morgan fingerprint density at radius 1 is 1.13 bits per heavy atom. The van der Waals surface area contributed by atoms with Crippen LogP contribution in [0.4, 0.5) is 0 Å². The van der Waals surface area contributed by atoms with E-state index in [4.69, 9.17) is 10.5 Å². The van der Waals surface area contributed by atoms with Gasteiger partial charge in [-0.3, -0.25) is 0 Å². The summed E-state index contributed by atoms with van der Waals surface area (Å²) in [6.45, 7) is 1.98. The second-order valence-electron chi connectivity index (χ2n) is 3.69. The van der Waals surface area contributed by atoms with Gasteiger partial charge in [-0.2, -0.15) is 0 Å². The van der Waals surface area contributed by atoms with Gasteiger partial charge in [-0.1, -0.05) is 30.3 Å². The van der Waals surface area contributed by atoms with Gasteiger partial charge in [-0.05, 0) is 23.8 Å². The van der Waals surface area contributed by atoms with E-state index in [0.29, 0.717) is 0 Å². The fourth-order valence-electron chi connectivity index (χ4n) is 1.92. The summed E-state index contributed by atoms with van der Waals surface area (Å²) in [5.41, 5.74) is 7.06. The van der Waals surface area contributed by atoms with Crippen molar-refractivity contribution in [3.63, 3.8) is 0 Å². The Morgan fingerprint density at radius 3 is 2.53 bits per heavy atom. The lowest BCUT2D eigenvalue weighted by molar-refractivity contribution is 0.408. The fourth-order valence-corrected chi connectivity index (χ4v) is 1.92. The summed E-state index contributed by atoms with van der Waals surface area (Å²) in [5.74, 6) is 0.865. The summed E-state index contributed by atoms with van der Waals surface area (Å²) >= 11 is 0. The van der Waals surface area contributed by atoms with Crippen molar-refractivity contribution in [1.29, 1.82) is 0 Å². The van der Waals surface area contributed by atoms with Gasteiger partial charge >= 0.3 is 0 Å². The maximum absolute atomic E-state index is 5.98. The molecule has 0 heterocycles. The van der Waals surface area contributed by atoms with Crippen molar-refractivity contribution in [1.82, 2.24) is 0 Å². The first kappa shape index (κ1) is 9.99. The van der Waals surface area contributed by atoms with Gasteiger partial charge in [0.2, 0.25) is 0 Å². The fraction of sp³-hybridized carbons (Fsp3) is 0.231. The zero-order valence-electron chi connectivity index (χ0n) is 9.03. The van der Waals surface area contributed by atoms with Crippen molar-refractivity contribution in [2.24, 2.45) is 5.73 Å². The van der Waals surface area contributed by atoms with Gasteiger partial charge in [0.1, 0.15) is 5.75 Å². The molecular formula is C13H15NO. The quantitative estimate of drug-likeness (QED) is 0.810. The zero-order valence-corrected chi connectivity index (χ0v) is 9.03. The van der Waals surface area contributed by atoms with Crippen LogP contribution >= 0.6 is 0 Å². The summed E-state index contributed by atoms with van der Waals surface area (Å²) in [4.78, 5) is 0. The second-order valence-corrected chi connectivity index (χ2v) is 3.69. The van der Waals surface area contributed by atoms with Gasteiger partial charge in [0.15, 0.2) is 0 Å². The van der Waals surface area contributed by atoms with Crippen LogP contribution in [0.2, 0.25) is 0 Å². The van der Waals surface area contributed by atoms with Gasteiger partial charge in [0.05, 0.1) is 7.11 Å². The minimum atomic E-state index is -0.0222. The molecule has 2 N–H and O–H groups in total. The molecule has 0 amide bonds. The predicted molar refractivity (Wildman–Crippen MR) is 63.1 cm³/mol. The Morgan fingerprint density at radius 2 is 1.87 bits per heavy atom. The van der Waals surface area contributed by atoms with Crippen LogP contribution in [0.3, 0.4) is 0 Å². The van der Waals surface area contributed by atoms with Crippen molar-refractivity contribution in [3.05, 3.63) is 42.0 Å². The van der Waals surface area contributed by atoms with Gasteiger partial charge in [-0.25, -0.2) is 0 Å². The van der Waals surface area contributed by atoms with E-state index in [1.54, 1.807) is 7.11 Å². The third-order valence-electron chi connectivity index (χ3n) is 2.61. The third kappa shape index (κ3) is 1.68. The summed E-state index contributed by atoms with van der Waals surface area (Å²) in [7, 11) is 1.68. The third-order valence-corrected chi connectivity index (χ3v) is 2.61. The van der Waals surface area contributed by atoms with Crippen molar-refractivity contribution in [3.8, 4) is 5.75 Å². The maximum Gasteiger partial charge on any atom is 0.124 e. The molecule has 15 heavy (non-hydrogen) atoms. The molecule has 2 nitrogen and oxygen atoms in total. The standard InChI is InChI=1S/C13H15NO/c1-9(14)13-11-6-4-3-5-10(11)7-8-12(13)15-2/h3-9H,14H2,1-2H3/t9-/m0/s1. The lowest BCUT2D eigenvalue weighted by Gasteiger charge is -2.14. The molecule has 2 rings (SSSR count). The highest BCUT2D eigenvalue weighted by atomic mass is 16.5. The van der Waals surface area contributed by atoms with Crippen LogP contribution in [0.15, 0.2) is 36.4 Å². The number of hydrogen-bond donors (Lipinski definition) is 1. The monoisotopic (exact) mass is 201 g/mol. The van der Waals surface area contributed by atoms with Gasteiger partial charge < -0.3 is 10.5 Å². The van der Waals surface area contributed by atoms with Crippen molar-refractivity contribution < 1.29 is 4.74 Å². The van der Waals surface area contributed by atoms with Crippen LogP contribution in [-0.2, 0) is 0 Å². The van der Waals surface area contributed by atoms with Crippen LogP contribution in [0, 0.1) is 0 Å². The minimum absolute atomic E-state index is 0.0222. The smallest absolute Gasteiger partial charge is 0.124 e. The van der Waals surface area contributed by atoms with Gasteiger partial charge in [-0.15, -0.1) is 0 Å². The molecule has 0 aliphatic carbocycles. The summed E-state index contributed by atoms with van der Waals surface area (Å²) < 4.78 is 5.33. The Kier molecular flexibility index (Phi) is 2.60. The van der Waals surface area contributed by atoms with E-state index in [0.717, 1.165) is 11.3 Å². The van der Waals surface area contributed by atoms with Crippen molar-refractivity contribution in [2.75, 3.05) is 7.11 Å². The molecule has 0 saturated carbocycles. The molecule has 2 heteroatoms. The summed E-state index contributed by atoms with van der Waals surface area (Å²) in [6.07, 6.45) is 0. The molecule has 0 spiro atoms. The number of rotatable bonds is 2. The Hall–Kier alpha value is -1.54. The van der Waals surface area contributed by atoms with Gasteiger partial charge in [0.25, 0.3) is 0 Å².